The largest absolute Gasteiger partial charge is 0.378 e. The number of anilines is 1. The van der Waals surface area contributed by atoms with Gasteiger partial charge in [0.15, 0.2) is 0 Å². The Bertz CT molecular complexity index is 441. The fourth-order valence-electron chi connectivity index (χ4n) is 1.89. The molecule has 1 aliphatic carbocycles. The minimum Gasteiger partial charge on any atom is -0.378 e. The van der Waals surface area contributed by atoms with Crippen molar-refractivity contribution in [2.45, 2.75) is 18.9 Å². The van der Waals surface area contributed by atoms with Gasteiger partial charge in [-0.15, -0.1) is 0 Å². The summed E-state index contributed by atoms with van der Waals surface area (Å²) in [5.41, 5.74) is 0.454. The van der Waals surface area contributed by atoms with Gasteiger partial charge in [0.1, 0.15) is 5.69 Å². The molecular weight excluding hydrogens is 232 g/mol. The molecule has 1 aromatic heterocycles. The van der Waals surface area contributed by atoms with E-state index < -0.39 is 0 Å². The molecule has 96 valence electrons. The van der Waals surface area contributed by atoms with E-state index in [1.54, 1.807) is 17.2 Å². The predicted octanol–water partition coefficient (Wildman–Crippen LogP) is 0.523. The van der Waals surface area contributed by atoms with Crippen LogP contribution in [-0.2, 0) is 4.74 Å². The van der Waals surface area contributed by atoms with E-state index in [-0.39, 0.29) is 5.91 Å². The van der Waals surface area contributed by atoms with Crippen LogP contribution >= 0.6 is 0 Å². The van der Waals surface area contributed by atoms with E-state index in [1.807, 2.05) is 0 Å². The van der Waals surface area contributed by atoms with Gasteiger partial charge in [0.25, 0.3) is 5.91 Å². The van der Waals surface area contributed by atoms with Crippen LogP contribution < -0.4 is 5.32 Å². The van der Waals surface area contributed by atoms with E-state index in [2.05, 4.69) is 15.3 Å². The molecule has 2 heterocycles. The zero-order chi connectivity index (χ0) is 12.4. The monoisotopic (exact) mass is 248 g/mol. The van der Waals surface area contributed by atoms with Gasteiger partial charge in [-0.25, -0.2) is 9.97 Å². The molecule has 6 heteroatoms. The quantitative estimate of drug-likeness (QED) is 0.844. The molecule has 0 atom stereocenters. The van der Waals surface area contributed by atoms with Crippen LogP contribution in [-0.4, -0.2) is 53.1 Å². The lowest BCUT2D eigenvalue weighted by Gasteiger charge is -2.26. The number of hydrogen-bond acceptors (Lipinski definition) is 5. The fourth-order valence-corrected chi connectivity index (χ4v) is 1.89. The van der Waals surface area contributed by atoms with Crippen LogP contribution in [0.5, 0.6) is 0 Å². The maximum Gasteiger partial charge on any atom is 0.272 e. The van der Waals surface area contributed by atoms with Crippen LogP contribution in [0.1, 0.15) is 23.3 Å². The van der Waals surface area contributed by atoms with E-state index in [4.69, 9.17) is 4.74 Å². The first-order valence-corrected chi connectivity index (χ1v) is 6.29. The third-order valence-corrected chi connectivity index (χ3v) is 3.08. The summed E-state index contributed by atoms with van der Waals surface area (Å²) in [5.74, 6) is 0.510. The van der Waals surface area contributed by atoms with Crippen molar-refractivity contribution in [2.24, 2.45) is 0 Å². The summed E-state index contributed by atoms with van der Waals surface area (Å²) in [7, 11) is 0. The Kier molecular flexibility index (Phi) is 3.10. The van der Waals surface area contributed by atoms with Gasteiger partial charge in [-0.05, 0) is 18.9 Å². The van der Waals surface area contributed by atoms with Crippen LogP contribution in [0.25, 0.3) is 0 Å². The molecule has 6 nitrogen and oxygen atoms in total. The first-order chi connectivity index (χ1) is 8.83. The van der Waals surface area contributed by atoms with E-state index >= 15 is 0 Å². The minimum absolute atomic E-state index is 0.0421. The summed E-state index contributed by atoms with van der Waals surface area (Å²) in [6.45, 7) is 2.47. The molecule has 0 aromatic carbocycles. The fraction of sp³-hybridized carbons (Fsp3) is 0.583. The summed E-state index contributed by atoms with van der Waals surface area (Å²) < 4.78 is 5.23. The molecule has 0 bridgehead atoms. The number of aromatic nitrogens is 2. The SMILES string of the molecule is O=C(c1ccnc(NC2CC2)n1)N1CCOCC1. The molecule has 1 aliphatic heterocycles. The molecule has 0 radical (unpaired) electrons. The number of ether oxygens (including phenoxy) is 1. The zero-order valence-electron chi connectivity index (χ0n) is 10.1. The summed E-state index contributed by atoms with van der Waals surface area (Å²) in [6.07, 6.45) is 3.95. The van der Waals surface area contributed by atoms with Gasteiger partial charge >= 0.3 is 0 Å². The normalized spacial score (nSPS) is 19.7. The van der Waals surface area contributed by atoms with Gasteiger partial charge in [-0.1, -0.05) is 0 Å². The van der Waals surface area contributed by atoms with Gasteiger partial charge in [-0.3, -0.25) is 4.79 Å². The number of nitrogens with zero attached hydrogens (tertiary/aromatic N) is 3. The van der Waals surface area contributed by atoms with Crippen molar-refractivity contribution >= 4 is 11.9 Å². The van der Waals surface area contributed by atoms with Gasteiger partial charge in [-0.2, -0.15) is 0 Å². The number of carbonyl (C=O) groups excluding carboxylic acids is 1. The van der Waals surface area contributed by atoms with Crippen molar-refractivity contribution in [1.29, 1.82) is 0 Å². The Morgan fingerprint density at radius 3 is 2.89 bits per heavy atom. The highest BCUT2D eigenvalue weighted by Crippen LogP contribution is 2.22. The third kappa shape index (κ3) is 2.59. The first kappa shape index (κ1) is 11.4. The second-order valence-electron chi connectivity index (χ2n) is 4.59. The molecule has 1 aromatic rings. The highest BCUT2D eigenvalue weighted by atomic mass is 16.5. The van der Waals surface area contributed by atoms with Gasteiger partial charge in [0.05, 0.1) is 13.2 Å². The molecule has 2 aliphatic rings. The molecule has 1 N–H and O–H groups in total. The average molecular weight is 248 g/mol. The lowest BCUT2D eigenvalue weighted by Crippen LogP contribution is -2.41. The summed E-state index contributed by atoms with van der Waals surface area (Å²) in [6, 6.07) is 2.15. The van der Waals surface area contributed by atoms with Crippen molar-refractivity contribution in [3.05, 3.63) is 18.0 Å². The number of morpholine rings is 1. The van der Waals surface area contributed by atoms with E-state index in [0.29, 0.717) is 44.0 Å². The van der Waals surface area contributed by atoms with E-state index in [1.165, 1.54) is 0 Å². The second-order valence-corrected chi connectivity index (χ2v) is 4.59. The Morgan fingerprint density at radius 2 is 2.17 bits per heavy atom. The zero-order valence-corrected chi connectivity index (χ0v) is 10.1. The molecule has 1 saturated carbocycles. The molecule has 3 rings (SSSR count). The summed E-state index contributed by atoms with van der Waals surface area (Å²) >= 11 is 0. The Balaban J connectivity index is 1.71. The van der Waals surface area contributed by atoms with Crippen LogP contribution in [0.3, 0.4) is 0 Å². The Labute approximate surface area is 105 Å². The maximum atomic E-state index is 12.2. The van der Waals surface area contributed by atoms with Crippen molar-refractivity contribution < 1.29 is 9.53 Å². The average Bonchev–Trinajstić information content (AvgIpc) is 3.23. The molecule has 1 saturated heterocycles. The van der Waals surface area contributed by atoms with Crippen molar-refractivity contribution in [2.75, 3.05) is 31.6 Å². The number of amides is 1. The molecule has 18 heavy (non-hydrogen) atoms. The van der Waals surface area contributed by atoms with Crippen molar-refractivity contribution in [1.82, 2.24) is 14.9 Å². The topological polar surface area (TPSA) is 67.4 Å². The number of nitrogens with one attached hydrogen (secondary N) is 1. The molecule has 2 fully saturated rings. The lowest BCUT2D eigenvalue weighted by molar-refractivity contribution is 0.0299. The smallest absolute Gasteiger partial charge is 0.272 e. The Morgan fingerprint density at radius 1 is 1.39 bits per heavy atom. The number of rotatable bonds is 3. The first-order valence-electron chi connectivity index (χ1n) is 6.29. The van der Waals surface area contributed by atoms with E-state index in [9.17, 15) is 4.79 Å². The molecule has 0 unspecified atom stereocenters. The highest BCUT2D eigenvalue weighted by molar-refractivity contribution is 5.92. The predicted molar refractivity (Wildman–Crippen MR) is 65.4 cm³/mol. The van der Waals surface area contributed by atoms with Crippen LogP contribution in [0.2, 0.25) is 0 Å². The van der Waals surface area contributed by atoms with Crippen molar-refractivity contribution in [3.63, 3.8) is 0 Å². The van der Waals surface area contributed by atoms with Crippen molar-refractivity contribution in [3.8, 4) is 0 Å². The lowest BCUT2D eigenvalue weighted by atomic mass is 10.3. The standard InChI is InChI=1S/C12H16N4O2/c17-11(16-5-7-18-8-6-16)10-3-4-13-12(15-10)14-9-1-2-9/h3-4,9H,1-2,5-8H2,(H,13,14,15). The molecule has 0 spiro atoms. The number of carbonyl (C=O) groups is 1. The molecular formula is C12H16N4O2. The second kappa shape index (κ2) is 4.89. The number of hydrogen-bond donors (Lipinski definition) is 1. The Hall–Kier alpha value is -1.69. The summed E-state index contributed by atoms with van der Waals surface area (Å²) in [4.78, 5) is 22.4. The van der Waals surface area contributed by atoms with Crippen LogP contribution in [0.4, 0.5) is 5.95 Å². The van der Waals surface area contributed by atoms with Gasteiger partial charge in [0, 0.05) is 25.3 Å². The maximum absolute atomic E-state index is 12.2. The van der Waals surface area contributed by atoms with Crippen LogP contribution in [0, 0.1) is 0 Å². The van der Waals surface area contributed by atoms with Crippen LogP contribution in [0.15, 0.2) is 12.3 Å². The van der Waals surface area contributed by atoms with Gasteiger partial charge in [0.2, 0.25) is 5.95 Å². The summed E-state index contributed by atoms with van der Waals surface area (Å²) in [5, 5.41) is 3.20. The highest BCUT2D eigenvalue weighted by Gasteiger charge is 2.23. The third-order valence-electron chi connectivity index (χ3n) is 3.08. The van der Waals surface area contributed by atoms with Gasteiger partial charge < -0.3 is 15.0 Å². The minimum atomic E-state index is -0.0421. The molecule has 1 amide bonds. The van der Waals surface area contributed by atoms with E-state index in [0.717, 1.165) is 12.8 Å².